The van der Waals surface area contributed by atoms with Gasteiger partial charge in [-0.3, -0.25) is 10.2 Å². The van der Waals surface area contributed by atoms with Crippen LogP contribution in [0.15, 0.2) is 36.7 Å². The summed E-state index contributed by atoms with van der Waals surface area (Å²) in [6.07, 6.45) is 3.38. The van der Waals surface area contributed by atoms with Crippen LogP contribution in [0.3, 0.4) is 0 Å². The molecular formula is C17H20N12. The normalized spacial score (nSPS) is 10.7. The summed E-state index contributed by atoms with van der Waals surface area (Å²) in [6.45, 7) is 2.78. The van der Waals surface area contributed by atoms with Crippen molar-refractivity contribution in [3.05, 3.63) is 36.7 Å². The molecule has 0 amide bonds. The number of aromatic amines is 2. The number of H-pyrrole nitrogens is 2. The maximum Gasteiger partial charge on any atom is 0.266 e. The summed E-state index contributed by atoms with van der Waals surface area (Å²) in [4.78, 5) is 17.3. The molecule has 0 aliphatic rings. The van der Waals surface area contributed by atoms with Gasteiger partial charge in [0.2, 0.25) is 0 Å². The molecular weight excluding hydrogens is 372 g/mol. The third-order valence-corrected chi connectivity index (χ3v) is 4.06. The van der Waals surface area contributed by atoms with Gasteiger partial charge in [-0.1, -0.05) is 0 Å². The van der Waals surface area contributed by atoms with E-state index >= 15 is 0 Å². The third kappa shape index (κ3) is 3.82. The molecule has 0 unspecified atom stereocenters. The molecule has 6 N–H and O–H groups in total. The number of nitrogens with one attached hydrogen (secondary N) is 4. The SMILES string of the molecule is CCNc1cc(-c2nc(N(N)c3n[nH]c(-c4ccnc(NC)c4)n3)n[nH]2)ccn1. The van der Waals surface area contributed by atoms with Crippen LogP contribution in [0.5, 0.6) is 0 Å². The van der Waals surface area contributed by atoms with Crippen molar-refractivity contribution >= 4 is 23.5 Å². The standard InChI is InChI=1S/C17H20N12/c1-3-20-13-9-11(5-7-22-13)15-24-17(28-26-15)29(18)16-23-14(25-27-16)10-4-6-21-12(8-10)19-2/h4-9H,3,18H2,1-2H3,(H,19,21)(H,20,22)(H,23,25,27)(H,24,26,28). The Morgan fingerprint density at radius 1 is 0.931 bits per heavy atom. The first-order valence-corrected chi connectivity index (χ1v) is 8.92. The maximum absolute atomic E-state index is 6.13. The highest BCUT2D eigenvalue weighted by molar-refractivity contribution is 5.63. The molecule has 0 aliphatic heterocycles. The van der Waals surface area contributed by atoms with Gasteiger partial charge in [0, 0.05) is 37.1 Å². The molecule has 0 aromatic carbocycles. The smallest absolute Gasteiger partial charge is 0.266 e. The van der Waals surface area contributed by atoms with Crippen molar-refractivity contribution in [3.63, 3.8) is 0 Å². The van der Waals surface area contributed by atoms with Gasteiger partial charge in [0.1, 0.15) is 11.6 Å². The number of nitrogens with two attached hydrogens (primary N) is 1. The van der Waals surface area contributed by atoms with Crippen molar-refractivity contribution in [3.8, 4) is 22.8 Å². The van der Waals surface area contributed by atoms with E-state index in [9.17, 15) is 0 Å². The second-order valence-electron chi connectivity index (χ2n) is 5.98. The average Bonchev–Trinajstić information content (AvgIpc) is 3.44. The van der Waals surface area contributed by atoms with Gasteiger partial charge in [-0.2, -0.15) is 9.97 Å². The Bertz CT molecular complexity index is 1100. The van der Waals surface area contributed by atoms with Crippen LogP contribution < -0.4 is 21.5 Å². The lowest BCUT2D eigenvalue weighted by Gasteiger charge is -2.07. The lowest BCUT2D eigenvalue weighted by atomic mass is 10.2. The van der Waals surface area contributed by atoms with E-state index < -0.39 is 0 Å². The minimum Gasteiger partial charge on any atom is -0.373 e. The van der Waals surface area contributed by atoms with Crippen LogP contribution in [0.25, 0.3) is 22.8 Å². The molecule has 4 rings (SSSR count). The molecule has 29 heavy (non-hydrogen) atoms. The number of aromatic nitrogens is 8. The molecule has 4 aromatic heterocycles. The molecule has 0 aliphatic carbocycles. The third-order valence-electron chi connectivity index (χ3n) is 4.06. The van der Waals surface area contributed by atoms with Crippen molar-refractivity contribution in [2.45, 2.75) is 6.92 Å². The fraction of sp³-hybridized carbons (Fsp3) is 0.176. The second-order valence-corrected chi connectivity index (χ2v) is 5.98. The first-order valence-electron chi connectivity index (χ1n) is 8.92. The Kier molecular flexibility index (Phi) is 4.99. The summed E-state index contributed by atoms with van der Waals surface area (Å²) in [5.41, 5.74) is 1.65. The molecule has 0 bridgehead atoms. The van der Waals surface area contributed by atoms with E-state index in [4.69, 9.17) is 5.84 Å². The molecule has 0 saturated carbocycles. The Morgan fingerprint density at radius 2 is 1.48 bits per heavy atom. The molecule has 0 radical (unpaired) electrons. The van der Waals surface area contributed by atoms with E-state index in [-0.39, 0.29) is 11.9 Å². The number of pyridine rings is 2. The highest BCUT2D eigenvalue weighted by Gasteiger charge is 2.17. The monoisotopic (exact) mass is 392 g/mol. The van der Waals surface area contributed by atoms with Crippen molar-refractivity contribution in [1.29, 1.82) is 0 Å². The first-order chi connectivity index (χ1) is 14.2. The molecule has 0 spiro atoms. The van der Waals surface area contributed by atoms with Gasteiger partial charge < -0.3 is 10.6 Å². The second kappa shape index (κ2) is 7.90. The summed E-state index contributed by atoms with van der Waals surface area (Å²) >= 11 is 0. The number of rotatable bonds is 7. The Balaban J connectivity index is 1.56. The lowest BCUT2D eigenvalue weighted by Crippen LogP contribution is -2.27. The van der Waals surface area contributed by atoms with Gasteiger partial charge in [0.05, 0.1) is 0 Å². The predicted octanol–water partition coefficient (Wildman–Crippen LogP) is 1.53. The number of hydrogen-bond acceptors (Lipinski definition) is 10. The first kappa shape index (κ1) is 18.3. The van der Waals surface area contributed by atoms with Crippen LogP contribution in [0, 0.1) is 0 Å². The quantitative estimate of drug-likeness (QED) is 0.230. The van der Waals surface area contributed by atoms with Gasteiger partial charge in [-0.05, 0) is 31.2 Å². The van der Waals surface area contributed by atoms with Crippen molar-refractivity contribution in [2.24, 2.45) is 5.84 Å². The van der Waals surface area contributed by atoms with Gasteiger partial charge >= 0.3 is 0 Å². The number of hydrazine groups is 1. The number of nitrogens with zero attached hydrogens (tertiary/aromatic N) is 7. The summed E-state index contributed by atoms with van der Waals surface area (Å²) in [6, 6.07) is 7.38. The highest BCUT2D eigenvalue weighted by Crippen LogP contribution is 2.23. The van der Waals surface area contributed by atoms with E-state index in [1.807, 2.05) is 31.2 Å². The van der Waals surface area contributed by atoms with E-state index in [0.717, 1.165) is 29.3 Å². The van der Waals surface area contributed by atoms with Gasteiger partial charge in [-0.15, -0.1) is 10.2 Å². The topological polar surface area (TPSA) is 162 Å². The Hall–Kier alpha value is -4.06. The lowest BCUT2D eigenvalue weighted by molar-refractivity contribution is 0.924. The Labute approximate surface area is 166 Å². The molecule has 148 valence electrons. The fourth-order valence-corrected chi connectivity index (χ4v) is 2.64. The zero-order chi connectivity index (χ0) is 20.2. The van der Waals surface area contributed by atoms with Crippen LogP contribution in [0.2, 0.25) is 0 Å². The van der Waals surface area contributed by atoms with Gasteiger partial charge in [0.25, 0.3) is 11.9 Å². The van der Waals surface area contributed by atoms with E-state index in [1.54, 1.807) is 19.4 Å². The van der Waals surface area contributed by atoms with Gasteiger partial charge in [-0.25, -0.2) is 20.8 Å². The number of anilines is 4. The van der Waals surface area contributed by atoms with E-state index in [0.29, 0.717) is 11.6 Å². The molecule has 12 nitrogen and oxygen atoms in total. The molecule has 0 saturated heterocycles. The molecule has 0 atom stereocenters. The molecule has 4 aromatic rings. The molecule has 12 heteroatoms. The average molecular weight is 392 g/mol. The summed E-state index contributed by atoms with van der Waals surface area (Å²) in [5.74, 6) is 9.17. The Morgan fingerprint density at radius 3 is 2.03 bits per heavy atom. The highest BCUT2D eigenvalue weighted by atomic mass is 15.6. The van der Waals surface area contributed by atoms with Crippen LogP contribution in [0.4, 0.5) is 23.5 Å². The van der Waals surface area contributed by atoms with Crippen LogP contribution in [0.1, 0.15) is 6.92 Å². The van der Waals surface area contributed by atoms with Crippen LogP contribution >= 0.6 is 0 Å². The van der Waals surface area contributed by atoms with Crippen LogP contribution in [-0.4, -0.2) is 53.9 Å². The van der Waals surface area contributed by atoms with Gasteiger partial charge in [0.15, 0.2) is 11.6 Å². The van der Waals surface area contributed by atoms with Crippen LogP contribution in [-0.2, 0) is 0 Å². The van der Waals surface area contributed by atoms with E-state index in [1.165, 1.54) is 5.01 Å². The minimum absolute atomic E-state index is 0.233. The van der Waals surface area contributed by atoms with Crippen molar-refractivity contribution in [1.82, 2.24) is 40.3 Å². The molecule has 0 fully saturated rings. The summed E-state index contributed by atoms with van der Waals surface area (Å²) < 4.78 is 0. The minimum atomic E-state index is 0.233. The molecule has 4 heterocycles. The van der Waals surface area contributed by atoms with E-state index in [2.05, 4.69) is 51.0 Å². The summed E-state index contributed by atoms with van der Waals surface area (Å²) in [7, 11) is 1.80. The zero-order valence-corrected chi connectivity index (χ0v) is 15.9. The predicted molar refractivity (Wildman–Crippen MR) is 109 cm³/mol. The van der Waals surface area contributed by atoms with Crippen molar-refractivity contribution in [2.75, 3.05) is 29.2 Å². The largest absolute Gasteiger partial charge is 0.373 e. The maximum atomic E-state index is 6.13. The fourth-order valence-electron chi connectivity index (χ4n) is 2.64. The zero-order valence-electron chi connectivity index (χ0n) is 15.9. The number of hydrogen-bond donors (Lipinski definition) is 5. The summed E-state index contributed by atoms with van der Waals surface area (Å²) in [5, 5.41) is 21.4. The van der Waals surface area contributed by atoms with Crippen molar-refractivity contribution < 1.29 is 0 Å².